The molecule has 1 aromatic carbocycles. The van der Waals surface area contributed by atoms with E-state index < -0.39 is 0 Å². The van der Waals surface area contributed by atoms with Crippen molar-refractivity contribution < 1.29 is 33.3 Å². The van der Waals surface area contributed by atoms with Crippen LogP contribution in [0.15, 0.2) is 36.4 Å². The van der Waals surface area contributed by atoms with Crippen molar-refractivity contribution in [1.29, 1.82) is 0 Å². The van der Waals surface area contributed by atoms with Crippen molar-refractivity contribution in [2.75, 3.05) is 76.7 Å². The highest BCUT2D eigenvalue weighted by Gasteiger charge is 2.18. The van der Waals surface area contributed by atoms with E-state index in [0.29, 0.717) is 70.1 Å². The molecule has 0 aromatic heterocycles. The number of hydrogen-bond acceptors (Lipinski definition) is 10. The maximum absolute atomic E-state index is 12.3. The van der Waals surface area contributed by atoms with Crippen LogP contribution in [-0.4, -0.2) is 93.4 Å². The van der Waals surface area contributed by atoms with Gasteiger partial charge in [0.2, 0.25) is 11.8 Å². The van der Waals surface area contributed by atoms with Gasteiger partial charge in [-0.3, -0.25) is 9.59 Å². The molecule has 1 rings (SSSR count). The van der Waals surface area contributed by atoms with E-state index in [0.717, 1.165) is 5.75 Å². The van der Waals surface area contributed by atoms with E-state index in [1.807, 2.05) is 36.6 Å². The molecule has 12 heteroatoms. The number of carbonyl (C=O) groups excluding carboxylic acids is 2. The molecular weight excluding hydrogens is 597 g/mol. The van der Waals surface area contributed by atoms with Crippen LogP contribution >= 0.6 is 33.3 Å². The molecule has 0 aliphatic carbocycles. The van der Waals surface area contributed by atoms with Crippen LogP contribution in [0.3, 0.4) is 0 Å². The summed E-state index contributed by atoms with van der Waals surface area (Å²) in [5, 5.41) is 5.68. The highest BCUT2D eigenvalue weighted by Crippen LogP contribution is 2.38. The van der Waals surface area contributed by atoms with Crippen LogP contribution in [0.25, 0.3) is 0 Å². The van der Waals surface area contributed by atoms with Crippen molar-refractivity contribution in [3.05, 3.63) is 36.4 Å². The number of ether oxygens (including phenoxy) is 5. The summed E-state index contributed by atoms with van der Waals surface area (Å²) >= 11 is 1.74. The van der Waals surface area contributed by atoms with Crippen molar-refractivity contribution >= 4 is 50.9 Å². The average molecular weight is 647 g/mol. The van der Waals surface area contributed by atoms with E-state index in [4.69, 9.17) is 23.7 Å². The zero-order valence-electron chi connectivity index (χ0n) is 26.0. The Balaban J connectivity index is 2.41. The first-order valence-corrected chi connectivity index (χ1v) is 17.8. The Kier molecular flexibility index (Phi) is 22.0. The number of hydrogen-bond donors (Lipinski definition) is 2. The van der Waals surface area contributed by atoms with Crippen LogP contribution in [0.4, 0.5) is 5.69 Å². The molecule has 1 unspecified atom stereocenters. The summed E-state index contributed by atoms with van der Waals surface area (Å²) in [7, 11) is 3.30. The molecule has 240 valence electrons. The van der Waals surface area contributed by atoms with Gasteiger partial charge in [-0.25, -0.2) is 0 Å². The van der Waals surface area contributed by atoms with E-state index in [9.17, 15) is 9.59 Å². The Labute approximate surface area is 264 Å². The normalized spacial score (nSPS) is 12.5. The second kappa shape index (κ2) is 24.0. The monoisotopic (exact) mass is 646 g/mol. The molecule has 42 heavy (non-hydrogen) atoms. The predicted molar refractivity (Wildman–Crippen MR) is 178 cm³/mol. The molecule has 0 radical (unpaired) electrons. The van der Waals surface area contributed by atoms with Crippen LogP contribution in [0.1, 0.15) is 41.0 Å². The van der Waals surface area contributed by atoms with E-state index >= 15 is 0 Å². The first kappa shape index (κ1) is 38.6. The molecule has 2 N–H and O–H groups in total. The van der Waals surface area contributed by atoms with Crippen LogP contribution in [-0.2, 0) is 28.5 Å². The number of benzene rings is 1. The molecule has 0 bridgehead atoms. The maximum atomic E-state index is 12.3. The van der Waals surface area contributed by atoms with Crippen molar-refractivity contribution in [3.8, 4) is 5.75 Å². The number of thioether (sulfide) groups is 1. The summed E-state index contributed by atoms with van der Waals surface area (Å²) in [6.07, 6.45) is 6.27. The molecule has 0 saturated carbocycles. The number of anilines is 1. The number of carbonyl (C=O) groups is 2. The number of amides is 2. The topological polar surface area (TPSA) is 104 Å². The molecule has 1 atom stereocenters. The lowest BCUT2D eigenvalue weighted by Crippen LogP contribution is -2.28. The predicted octanol–water partition coefficient (Wildman–Crippen LogP) is 5.66. The third-order valence-electron chi connectivity index (χ3n) is 4.89. The van der Waals surface area contributed by atoms with Gasteiger partial charge in [0.05, 0.1) is 46.1 Å². The Bertz CT molecular complexity index is 898. The number of nitrogens with one attached hydrogen (secondary N) is 2. The quantitative estimate of drug-likeness (QED) is 0.0633. The van der Waals surface area contributed by atoms with E-state index in [-0.39, 0.29) is 35.0 Å². The zero-order valence-corrected chi connectivity index (χ0v) is 28.4. The van der Waals surface area contributed by atoms with Gasteiger partial charge in [-0.05, 0) is 24.3 Å². The molecule has 0 aliphatic heterocycles. The molecule has 0 saturated heterocycles. The minimum Gasteiger partial charge on any atom is -0.490 e. The van der Waals surface area contributed by atoms with Crippen LogP contribution < -0.4 is 15.4 Å². The molecule has 9 nitrogen and oxygen atoms in total. The molecule has 0 heterocycles. The highest BCUT2D eigenvalue weighted by molar-refractivity contribution is 8.77. The fourth-order valence-electron chi connectivity index (χ4n) is 2.95. The van der Waals surface area contributed by atoms with Gasteiger partial charge in [-0.1, -0.05) is 74.4 Å². The lowest BCUT2D eigenvalue weighted by molar-refractivity contribution is -0.126. The Morgan fingerprint density at radius 2 is 1.71 bits per heavy atom. The third kappa shape index (κ3) is 23.1. The highest BCUT2D eigenvalue weighted by atomic mass is 33.1. The fraction of sp³-hybridized carbons (Fsp3) is 0.667. The molecule has 1 aromatic rings. The summed E-state index contributed by atoms with van der Waals surface area (Å²) in [6, 6.07) is 7.27. The van der Waals surface area contributed by atoms with Crippen LogP contribution in [0.5, 0.6) is 5.75 Å². The molecule has 0 spiro atoms. The lowest BCUT2D eigenvalue weighted by atomic mass is 10.2. The van der Waals surface area contributed by atoms with Crippen molar-refractivity contribution in [3.63, 3.8) is 0 Å². The first-order chi connectivity index (χ1) is 20.1. The molecule has 0 fully saturated rings. The Hall–Kier alpha value is -1.41. The van der Waals surface area contributed by atoms with Crippen LogP contribution in [0, 0.1) is 5.92 Å². The standard InChI is InChI=1S/C30H50N2O7S3/c1-24(2)9-8-13-31-28(34)22-37-17-18-38-29(41-42-30(3,4)5)23-39-26-11-7-10-25(21-26)32-27(33)12-14-35-15-16-36-19-20-40-6/h7-11,21,24,29H,12-20,22-23H2,1-6H3,(H,31,34)(H,32,33)/b9-8+. The molecular formula is C30H50N2O7S3. The van der Waals surface area contributed by atoms with Gasteiger partial charge in [0.25, 0.3) is 0 Å². The smallest absolute Gasteiger partial charge is 0.246 e. The average Bonchev–Trinajstić information content (AvgIpc) is 2.93. The van der Waals surface area contributed by atoms with Gasteiger partial charge in [0.15, 0.2) is 0 Å². The van der Waals surface area contributed by atoms with Gasteiger partial charge >= 0.3 is 0 Å². The van der Waals surface area contributed by atoms with Gasteiger partial charge in [0.1, 0.15) is 24.4 Å². The largest absolute Gasteiger partial charge is 0.490 e. The SMILES string of the molecule is CSCCOCCOCCC(=O)Nc1cccc(OCC(OCCOCC(=O)NC/C=C/C(C)C)SSC(C)(C)C)c1. The second-order valence-electron chi connectivity index (χ2n) is 10.5. The summed E-state index contributed by atoms with van der Waals surface area (Å²) < 4.78 is 28.4. The minimum absolute atomic E-state index is 0.0126. The zero-order chi connectivity index (χ0) is 31.1. The summed E-state index contributed by atoms with van der Waals surface area (Å²) in [5.74, 6) is 1.75. The Morgan fingerprint density at radius 1 is 0.976 bits per heavy atom. The number of allylic oxidation sites excluding steroid dienone is 1. The summed E-state index contributed by atoms with van der Waals surface area (Å²) in [5.41, 5.74) is 0.395. The van der Waals surface area contributed by atoms with Gasteiger partial charge < -0.3 is 34.3 Å². The van der Waals surface area contributed by atoms with Gasteiger partial charge in [-0.15, -0.1) is 0 Å². The second-order valence-corrected chi connectivity index (χ2v) is 14.6. The van der Waals surface area contributed by atoms with Crippen LogP contribution in [0.2, 0.25) is 0 Å². The Morgan fingerprint density at radius 3 is 2.43 bits per heavy atom. The van der Waals surface area contributed by atoms with Gasteiger partial charge in [0, 0.05) is 28.8 Å². The van der Waals surface area contributed by atoms with Crippen molar-refractivity contribution in [1.82, 2.24) is 5.32 Å². The molecule has 2 amide bonds. The minimum atomic E-state index is -0.257. The lowest BCUT2D eigenvalue weighted by Gasteiger charge is -2.22. The van der Waals surface area contributed by atoms with E-state index in [1.54, 1.807) is 39.4 Å². The fourth-order valence-corrected chi connectivity index (χ4v) is 5.43. The van der Waals surface area contributed by atoms with E-state index in [2.05, 4.69) is 45.3 Å². The summed E-state index contributed by atoms with van der Waals surface area (Å²) in [4.78, 5) is 24.2. The third-order valence-corrected chi connectivity index (χ3v) is 8.98. The van der Waals surface area contributed by atoms with Crippen molar-refractivity contribution in [2.45, 2.75) is 51.2 Å². The summed E-state index contributed by atoms with van der Waals surface area (Å²) in [6.45, 7) is 14.0. The molecule has 0 aliphatic rings. The van der Waals surface area contributed by atoms with Gasteiger partial charge in [-0.2, -0.15) is 11.8 Å². The maximum Gasteiger partial charge on any atom is 0.246 e. The number of rotatable bonds is 24. The van der Waals surface area contributed by atoms with Crippen molar-refractivity contribution in [2.24, 2.45) is 5.92 Å². The van der Waals surface area contributed by atoms with E-state index in [1.165, 1.54) is 0 Å². The first-order valence-electron chi connectivity index (χ1n) is 14.2.